The van der Waals surface area contributed by atoms with Gasteiger partial charge in [-0.3, -0.25) is 24.0 Å². The van der Waals surface area contributed by atoms with Crippen LogP contribution < -0.4 is 21.3 Å². The first-order chi connectivity index (χ1) is 13.0. The van der Waals surface area contributed by atoms with E-state index in [-0.39, 0.29) is 24.7 Å². The van der Waals surface area contributed by atoms with Crippen LogP contribution in [-0.2, 0) is 24.0 Å². The minimum Gasteiger partial charge on any atom is -0.481 e. The van der Waals surface area contributed by atoms with Crippen LogP contribution in [0.4, 0.5) is 0 Å². The van der Waals surface area contributed by atoms with Crippen LogP contribution in [-0.4, -0.2) is 59.9 Å². The Morgan fingerprint density at radius 2 is 1.54 bits per heavy atom. The maximum atomic E-state index is 12.4. The van der Waals surface area contributed by atoms with Crippen molar-refractivity contribution in [3.8, 4) is 0 Å². The molecule has 0 saturated heterocycles. The van der Waals surface area contributed by atoms with Gasteiger partial charge >= 0.3 is 5.97 Å². The molecule has 28 heavy (non-hydrogen) atoms. The van der Waals surface area contributed by atoms with Crippen LogP contribution >= 0.6 is 0 Å². The zero-order valence-corrected chi connectivity index (χ0v) is 16.7. The molecule has 0 aromatic heterocycles. The summed E-state index contributed by atoms with van der Waals surface area (Å²) in [7, 11) is 1.46. The Labute approximate surface area is 164 Å². The molecule has 0 aliphatic carbocycles. The number of rotatable bonds is 12. The molecule has 0 unspecified atom stereocenters. The Morgan fingerprint density at radius 3 is 2.00 bits per heavy atom. The average molecular weight is 398 g/mol. The van der Waals surface area contributed by atoms with Crippen LogP contribution in [0.25, 0.3) is 0 Å². The second-order valence-corrected chi connectivity index (χ2v) is 6.71. The summed E-state index contributed by atoms with van der Waals surface area (Å²) in [4.78, 5) is 58.6. The fourth-order valence-electron chi connectivity index (χ4n) is 2.25. The molecule has 10 heteroatoms. The summed E-state index contributed by atoms with van der Waals surface area (Å²) in [6.07, 6.45) is 1.01. The van der Waals surface area contributed by atoms with E-state index >= 15 is 0 Å². The standard InChI is InChI=1S/C18H30N4O6/c1-6-12(18(28)22-13(9-10(2)3)17(27)19-5)21-16(26)11(4)20-14(23)7-8-15(24)25/h6,10-13H,1,7-9H2,2-5H3,(H,19,27)(H,20,23)(H,21,26)(H,22,28)(H,24,25)/t11-,12-,13-/m0/s1. The normalized spacial score (nSPS) is 13.6. The molecule has 0 aromatic carbocycles. The van der Waals surface area contributed by atoms with E-state index in [1.807, 2.05) is 13.8 Å². The number of amides is 4. The average Bonchev–Trinajstić information content (AvgIpc) is 2.62. The molecule has 0 heterocycles. The quantitative estimate of drug-likeness (QED) is 0.274. The van der Waals surface area contributed by atoms with Crippen LogP contribution in [0.1, 0.15) is 40.0 Å². The molecule has 0 rings (SSSR count). The molecule has 0 radical (unpaired) electrons. The molecule has 0 bridgehead atoms. The first kappa shape index (κ1) is 25.1. The molecule has 5 N–H and O–H groups in total. The van der Waals surface area contributed by atoms with Crippen molar-refractivity contribution >= 4 is 29.6 Å². The van der Waals surface area contributed by atoms with Gasteiger partial charge in [0.05, 0.1) is 6.42 Å². The molecule has 0 aromatic rings. The fourth-order valence-corrected chi connectivity index (χ4v) is 2.25. The van der Waals surface area contributed by atoms with E-state index in [1.165, 1.54) is 20.0 Å². The van der Waals surface area contributed by atoms with Crippen LogP contribution in [0.15, 0.2) is 12.7 Å². The van der Waals surface area contributed by atoms with Crippen LogP contribution in [0.5, 0.6) is 0 Å². The summed E-state index contributed by atoms with van der Waals surface area (Å²) in [6, 6.07) is -2.85. The molecule has 0 saturated carbocycles. The first-order valence-corrected chi connectivity index (χ1v) is 8.97. The van der Waals surface area contributed by atoms with E-state index in [0.29, 0.717) is 6.42 Å². The van der Waals surface area contributed by atoms with E-state index in [1.54, 1.807) is 0 Å². The van der Waals surface area contributed by atoms with Crippen molar-refractivity contribution in [2.45, 2.75) is 58.2 Å². The second-order valence-electron chi connectivity index (χ2n) is 6.71. The minimum absolute atomic E-state index is 0.153. The molecule has 0 aliphatic rings. The first-order valence-electron chi connectivity index (χ1n) is 8.97. The molecule has 0 fully saturated rings. The van der Waals surface area contributed by atoms with Crippen molar-refractivity contribution in [1.29, 1.82) is 0 Å². The number of carbonyl (C=O) groups excluding carboxylic acids is 4. The lowest BCUT2D eigenvalue weighted by molar-refractivity contribution is -0.139. The van der Waals surface area contributed by atoms with Crippen molar-refractivity contribution in [2.75, 3.05) is 7.05 Å². The van der Waals surface area contributed by atoms with Crippen molar-refractivity contribution in [2.24, 2.45) is 5.92 Å². The number of carboxylic acids is 1. The molecular weight excluding hydrogens is 368 g/mol. The number of carboxylic acid groups (broad SMARTS) is 1. The van der Waals surface area contributed by atoms with E-state index in [2.05, 4.69) is 27.8 Å². The summed E-state index contributed by atoms with van der Waals surface area (Å²) in [6.45, 7) is 8.72. The predicted molar refractivity (Wildman–Crippen MR) is 102 cm³/mol. The number of hydrogen-bond donors (Lipinski definition) is 5. The number of aliphatic carboxylic acids is 1. The Morgan fingerprint density at radius 1 is 0.929 bits per heavy atom. The van der Waals surface area contributed by atoms with Gasteiger partial charge < -0.3 is 26.4 Å². The maximum Gasteiger partial charge on any atom is 0.303 e. The van der Waals surface area contributed by atoms with Gasteiger partial charge in [-0.05, 0) is 19.3 Å². The molecule has 3 atom stereocenters. The van der Waals surface area contributed by atoms with Crippen LogP contribution in [0, 0.1) is 5.92 Å². The Hall–Kier alpha value is -2.91. The van der Waals surface area contributed by atoms with Crippen molar-refractivity contribution in [3.05, 3.63) is 12.7 Å². The highest BCUT2D eigenvalue weighted by molar-refractivity contribution is 5.95. The van der Waals surface area contributed by atoms with E-state index in [9.17, 15) is 24.0 Å². The van der Waals surface area contributed by atoms with Crippen LogP contribution in [0.2, 0.25) is 0 Å². The third-order valence-corrected chi connectivity index (χ3v) is 3.74. The maximum absolute atomic E-state index is 12.4. The van der Waals surface area contributed by atoms with Gasteiger partial charge in [-0.1, -0.05) is 19.9 Å². The summed E-state index contributed by atoms with van der Waals surface area (Å²) in [5.74, 6) is -3.18. The molecule has 158 valence electrons. The zero-order chi connectivity index (χ0) is 21.9. The molecular formula is C18H30N4O6. The highest BCUT2D eigenvalue weighted by Crippen LogP contribution is 2.05. The largest absolute Gasteiger partial charge is 0.481 e. The van der Waals surface area contributed by atoms with Gasteiger partial charge in [0.2, 0.25) is 23.6 Å². The van der Waals surface area contributed by atoms with Gasteiger partial charge in [-0.2, -0.15) is 0 Å². The van der Waals surface area contributed by atoms with Gasteiger partial charge in [0.25, 0.3) is 0 Å². The lowest BCUT2D eigenvalue weighted by Gasteiger charge is -2.23. The van der Waals surface area contributed by atoms with Gasteiger partial charge in [0.15, 0.2) is 0 Å². The van der Waals surface area contributed by atoms with Crippen LogP contribution in [0.3, 0.4) is 0 Å². The molecule has 0 spiro atoms. The van der Waals surface area contributed by atoms with Crippen molar-refractivity contribution in [1.82, 2.24) is 21.3 Å². The Bertz CT molecular complexity index is 605. The number of likely N-dealkylation sites (N-methyl/N-ethyl adjacent to an activating group) is 1. The zero-order valence-electron chi connectivity index (χ0n) is 16.7. The van der Waals surface area contributed by atoms with E-state index in [4.69, 9.17) is 5.11 Å². The van der Waals surface area contributed by atoms with Gasteiger partial charge in [-0.25, -0.2) is 0 Å². The highest BCUT2D eigenvalue weighted by atomic mass is 16.4. The number of carbonyl (C=O) groups is 5. The summed E-state index contributed by atoms with van der Waals surface area (Å²) in [5.41, 5.74) is 0. The number of hydrogen-bond acceptors (Lipinski definition) is 5. The summed E-state index contributed by atoms with van der Waals surface area (Å²) < 4.78 is 0. The van der Waals surface area contributed by atoms with Crippen molar-refractivity contribution in [3.63, 3.8) is 0 Å². The van der Waals surface area contributed by atoms with Gasteiger partial charge in [0.1, 0.15) is 18.1 Å². The fraction of sp³-hybridized carbons (Fsp3) is 0.611. The Balaban J connectivity index is 4.83. The van der Waals surface area contributed by atoms with E-state index in [0.717, 1.165) is 0 Å². The smallest absolute Gasteiger partial charge is 0.303 e. The SMILES string of the molecule is C=C[C@H](NC(=O)[C@H](C)NC(=O)CCC(=O)O)C(=O)N[C@@H](CC(C)C)C(=O)NC. The molecule has 4 amide bonds. The summed E-state index contributed by atoms with van der Waals surface area (Å²) >= 11 is 0. The van der Waals surface area contributed by atoms with Gasteiger partial charge in [-0.15, -0.1) is 6.58 Å². The second kappa shape index (κ2) is 12.5. The molecule has 10 nitrogen and oxygen atoms in total. The topological polar surface area (TPSA) is 154 Å². The Kier molecular flexibility index (Phi) is 11.2. The van der Waals surface area contributed by atoms with Gasteiger partial charge in [0, 0.05) is 13.5 Å². The van der Waals surface area contributed by atoms with E-state index < -0.39 is 41.8 Å². The summed E-state index contributed by atoms with van der Waals surface area (Å²) in [5, 5.41) is 18.4. The third-order valence-electron chi connectivity index (χ3n) is 3.74. The molecule has 0 aliphatic heterocycles. The lowest BCUT2D eigenvalue weighted by Crippen LogP contribution is -2.55. The highest BCUT2D eigenvalue weighted by Gasteiger charge is 2.26. The monoisotopic (exact) mass is 398 g/mol. The minimum atomic E-state index is -1.12. The lowest BCUT2D eigenvalue weighted by atomic mass is 10.0. The van der Waals surface area contributed by atoms with Crippen molar-refractivity contribution < 1.29 is 29.1 Å². The predicted octanol–water partition coefficient (Wildman–Crippen LogP) is -0.696. The number of nitrogens with one attached hydrogen (secondary N) is 4. The third kappa shape index (κ3) is 9.70.